The largest absolute Gasteiger partial charge is 0.497 e. The molecule has 0 aromatic heterocycles. The molecule has 9 heteroatoms. The number of aliphatic hydroxyl groups excluding tert-OH is 1. The van der Waals surface area contributed by atoms with E-state index in [1.807, 2.05) is 17.0 Å². The van der Waals surface area contributed by atoms with Gasteiger partial charge in [-0.3, -0.25) is 4.79 Å². The van der Waals surface area contributed by atoms with E-state index in [4.69, 9.17) is 14.2 Å². The van der Waals surface area contributed by atoms with E-state index in [1.54, 1.807) is 37.4 Å². The van der Waals surface area contributed by atoms with Crippen molar-refractivity contribution in [1.29, 1.82) is 0 Å². The molecule has 0 unspecified atom stereocenters. The van der Waals surface area contributed by atoms with E-state index < -0.39 is 6.10 Å². The van der Waals surface area contributed by atoms with Crippen LogP contribution in [-0.4, -0.2) is 67.1 Å². The van der Waals surface area contributed by atoms with E-state index in [0.29, 0.717) is 30.0 Å². The van der Waals surface area contributed by atoms with E-state index >= 15 is 0 Å². The Bertz CT molecular complexity index is 1090. The third kappa shape index (κ3) is 5.27. The van der Waals surface area contributed by atoms with Crippen molar-refractivity contribution in [2.45, 2.75) is 56.3 Å². The molecule has 3 aliphatic heterocycles. The number of carbonyl (C=O) groups is 2. The molecule has 0 bridgehead atoms. The van der Waals surface area contributed by atoms with E-state index in [1.165, 1.54) is 6.42 Å². The van der Waals surface area contributed by atoms with Gasteiger partial charge in [-0.05, 0) is 68.1 Å². The number of fused-ring (bicyclic) bond motifs is 3. The van der Waals surface area contributed by atoms with Gasteiger partial charge < -0.3 is 34.9 Å². The standard InChI is InChI=1S/C27H33N3O6/c1-34-19-8-5-17(6-9-19)28-27(33)29-18-7-10-23-21(13-18)22-14-20(35-24(16-31)26(22)36-23)15-25(32)30-11-3-2-4-12-30/h5-10,13,20,22,24,26,31H,2-4,11-12,14-16H2,1H3,(H2,28,29,33)/t20-,22+,24-,26-/m1/s1. The Morgan fingerprint density at radius 3 is 2.50 bits per heavy atom. The maximum Gasteiger partial charge on any atom is 0.323 e. The number of likely N-dealkylation sites (tertiary alicyclic amines) is 1. The van der Waals surface area contributed by atoms with E-state index in [2.05, 4.69) is 10.6 Å². The van der Waals surface area contributed by atoms with Gasteiger partial charge in [-0.25, -0.2) is 4.79 Å². The van der Waals surface area contributed by atoms with E-state index in [0.717, 1.165) is 37.2 Å². The number of benzene rings is 2. The first-order chi connectivity index (χ1) is 17.5. The number of methoxy groups -OCH3 is 1. The molecule has 192 valence electrons. The van der Waals surface area contributed by atoms with Gasteiger partial charge >= 0.3 is 6.03 Å². The van der Waals surface area contributed by atoms with Crippen molar-refractivity contribution in [3.8, 4) is 11.5 Å². The van der Waals surface area contributed by atoms with Gasteiger partial charge in [-0.1, -0.05) is 0 Å². The number of hydrogen-bond acceptors (Lipinski definition) is 6. The van der Waals surface area contributed by atoms with Gasteiger partial charge in [0, 0.05) is 35.9 Å². The molecule has 5 rings (SSSR count). The second-order valence-electron chi connectivity index (χ2n) is 9.61. The molecular weight excluding hydrogens is 462 g/mol. The molecule has 0 aliphatic carbocycles. The number of nitrogens with zero attached hydrogens (tertiary/aromatic N) is 1. The van der Waals surface area contributed by atoms with Crippen LogP contribution in [0, 0.1) is 0 Å². The second kappa shape index (κ2) is 10.8. The zero-order valence-electron chi connectivity index (χ0n) is 20.4. The van der Waals surface area contributed by atoms with Crippen LogP contribution in [-0.2, 0) is 9.53 Å². The Labute approximate surface area is 210 Å². The van der Waals surface area contributed by atoms with Crippen LogP contribution in [0.25, 0.3) is 0 Å². The van der Waals surface area contributed by atoms with Crippen molar-refractivity contribution in [3.05, 3.63) is 48.0 Å². The molecule has 3 amide bonds. The summed E-state index contributed by atoms with van der Waals surface area (Å²) in [6.07, 6.45) is 3.06. The SMILES string of the molecule is COc1ccc(NC(=O)Nc2ccc3c(c2)[C@@H]2C[C@H](CC(=O)N4CCCCC4)O[C@H](CO)[C@@H]2O3)cc1. The molecule has 2 saturated heterocycles. The fourth-order valence-electron chi connectivity index (χ4n) is 5.40. The minimum atomic E-state index is -0.509. The third-order valence-electron chi connectivity index (χ3n) is 7.22. The molecule has 36 heavy (non-hydrogen) atoms. The van der Waals surface area contributed by atoms with Crippen molar-refractivity contribution in [2.75, 3.05) is 37.4 Å². The summed E-state index contributed by atoms with van der Waals surface area (Å²) in [5, 5.41) is 15.7. The van der Waals surface area contributed by atoms with E-state index in [9.17, 15) is 14.7 Å². The first-order valence-corrected chi connectivity index (χ1v) is 12.6. The summed E-state index contributed by atoms with van der Waals surface area (Å²) in [4.78, 5) is 27.3. The predicted octanol–water partition coefficient (Wildman–Crippen LogP) is 3.74. The molecule has 4 atom stereocenters. The van der Waals surface area contributed by atoms with Crippen LogP contribution in [0.5, 0.6) is 11.5 Å². The monoisotopic (exact) mass is 495 g/mol. The van der Waals surface area contributed by atoms with Gasteiger partial charge in [0.2, 0.25) is 5.91 Å². The highest BCUT2D eigenvalue weighted by atomic mass is 16.6. The minimum Gasteiger partial charge on any atom is -0.497 e. The second-order valence-corrected chi connectivity index (χ2v) is 9.61. The Kier molecular flexibility index (Phi) is 7.29. The van der Waals surface area contributed by atoms with E-state index in [-0.39, 0.29) is 36.7 Å². The molecule has 2 aromatic rings. The Balaban J connectivity index is 1.26. The van der Waals surface area contributed by atoms with Crippen molar-refractivity contribution >= 4 is 23.3 Å². The normalized spacial score (nSPS) is 24.8. The van der Waals surface area contributed by atoms with Gasteiger partial charge in [0.05, 0.1) is 26.2 Å². The molecule has 2 aromatic carbocycles. The number of hydrogen-bond donors (Lipinski definition) is 3. The Morgan fingerprint density at radius 2 is 1.78 bits per heavy atom. The van der Waals surface area contributed by atoms with Crippen molar-refractivity contribution < 1.29 is 28.9 Å². The van der Waals surface area contributed by atoms with Crippen LogP contribution in [0.3, 0.4) is 0 Å². The van der Waals surface area contributed by atoms with Crippen LogP contribution in [0.4, 0.5) is 16.2 Å². The third-order valence-corrected chi connectivity index (χ3v) is 7.22. The average molecular weight is 496 g/mol. The zero-order chi connectivity index (χ0) is 25.1. The Morgan fingerprint density at radius 1 is 1.06 bits per heavy atom. The molecule has 0 saturated carbocycles. The van der Waals surface area contributed by atoms with Gasteiger partial charge in [-0.2, -0.15) is 0 Å². The summed E-state index contributed by atoms with van der Waals surface area (Å²) in [5.74, 6) is 1.51. The number of carbonyl (C=O) groups excluding carboxylic acids is 2. The zero-order valence-corrected chi connectivity index (χ0v) is 20.4. The van der Waals surface area contributed by atoms with Crippen LogP contribution >= 0.6 is 0 Å². The fraction of sp³-hybridized carbons (Fsp3) is 0.481. The topological polar surface area (TPSA) is 109 Å². The molecule has 9 nitrogen and oxygen atoms in total. The van der Waals surface area contributed by atoms with Crippen LogP contribution in [0.2, 0.25) is 0 Å². The Hall–Kier alpha value is -3.30. The summed E-state index contributed by atoms with van der Waals surface area (Å²) in [5.41, 5.74) is 2.24. The van der Waals surface area contributed by atoms with Crippen LogP contribution < -0.4 is 20.1 Å². The van der Waals surface area contributed by atoms with Crippen molar-refractivity contribution in [3.63, 3.8) is 0 Å². The number of ether oxygens (including phenoxy) is 3. The molecule has 3 heterocycles. The summed E-state index contributed by atoms with van der Waals surface area (Å²) in [6.45, 7) is 1.43. The maximum absolute atomic E-state index is 12.9. The molecule has 0 radical (unpaired) electrons. The van der Waals surface area contributed by atoms with Gasteiger partial charge in [0.25, 0.3) is 0 Å². The molecule has 3 N–H and O–H groups in total. The number of piperidine rings is 1. The van der Waals surface area contributed by atoms with Crippen molar-refractivity contribution in [2.24, 2.45) is 0 Å². The van der Waals surface area contributed by atoms with Crippen LogP contribution in [0.1, 0.15) is 43.6 Å². The molecular formula is C27H33N3O6. The lowest BCUT2D eigenvalue weighted by atomic mass is 9.84. The maximum atomic E-state index is 12.9. The first-order valence-electron chi connectivity index (χ1n) is 12.6. The molecule has 0 spiro atoms. The minimum absolute atomic E-state index is 0.0311. The smallest absolute Gasteiger partial charge is 0.323 e. The summed E-state index contributed by atoms with van der Waals surface area (Å²) >= 11 is 0. The summed E-state index contributed by atoms with van der Waals surface area (Å²) in [6, 6.07) is 12.3. The first kappa shape index (κ1) is 24.4. The number of aliphatic hydroxyl groups is 1. The summed E-state index contributed by atoms with van der Waals surface area (Å²) < 4.78 is 17.4. The lowest BCUT2D eigenvalue weighted by Crippen LogP contribution is -2.48. The number of anilines is 2. The lowest BCUT2D eigenvalue weighted by molar-refractivity contribution is -0.149. The van der Waals surface area contributed by atoms with Gasteiger partial charge in [0.1, 0.15) is 23.7 Å². The number of rotatable bonds is 6. The average Bonchev–Trinajstić information content (AvgIpc) is 3.27. The molecule has 3 aliphatic rings. The lowest BCUT2D eigenvalue weighted by Gasteiger charge is -2.38. The predicted molar refractivity (Wildman–Crippen MR) is 135 cm³/mol. The number of amides is 3. The number of nitrogens with one attached hydrogen (secondary N) is 2. The summed E-state index contributed by atoms with van der Waals surface area (Å²) in [7, 11) is 1.59. The van der Waals surface area contributed by atoms with Crippen molar-refractivity contribution in [1.82, 2.24) is 4.90 Å². The fourth-order valence-corrected chi connectivity index (χ4v) is 5.40. The molecule has 2 fully saturated rings. The highest BCUT2D eigenvalue weighted by Gasteiger charge is 2.46. The van der Waals surface area contributed by atoms with Gasteiger partial charge in [-0.15, -0.1) is 0 Å². The highest BCUT2D eigenvalue weighted by molar-refractivity contribution is 5.99. The highest BCUT2D eigenvalue weighted by Crippen LogP contribution is 2.47. The quantitative estimate of drug-likeness (QED) is 0.563. The van der Waals surface area contributed by atoms with Gasteiger partial charge in [0.15, 0.2) is 0 Å². The number of urea groups is 1. The van der Waals surface area contributed by atoms with Crippen LogP contribution in [0.15, 0.2) is 42.5 Å².